The van der Waals surface area contributed by atoms with Gasteiger partial charge in [-0.05, 0) is 37.7 Å². The van der Waals surface area contributed by atoms with E-state index >= 15 is 0 Å². The summed E-state index contributed by atoms with van der Waals surface area (Å²) in [5, 5.41) is 11.8. The zero-order valence-electron chi connectivity index (χ0n) is 17.8. The number of aryl methyl sites for hydroxylation is 1. The van der Waals surface area contributed by atoms with Gasteiger partial charge in [-0.25, -0.2) is 4.39 Å². The second-order valence-electron chi connectivity index (χ2n) is 7.73. The normalized spacial score (nSPS) is 14.6. The van der Waals surface area contributed by atoms with E-state index in [2.05, 4.69) is 32.4 Å². The molecule has 1 amide bonds. The number of ether oxygens (including phenoxy) is 1. The van der Waals surface area contributed by atoms with E-state index in [0.717, 1.165) is 37.4 Å². The lowest BCUT2D eigenvalue weighted by atomic mass is 10.1. The molecule has 162 valence electrons. The summed E-state index contributed by atoms with van der Waals surface area (Å²) in [5.74, 6) is -0.528. The molecule has 2 aromatic carbocycles. The van der Waals surface area contributed by atoms with Crippen LogP contribution < -0.4 is 20.7 Å². The molecule has 0 bridgehead atoms. The predicted molar refractivity (Wildman–Crippen MR) is 119 cm³/mol. The van der Waals surface area contributed by atoms with Gasteiger partial charge in [-0.1, -0.05) is 6.07 Å². The monoisotopic (exact) mass is 424 g/mol. The number of benzene rings is 2. The Morgan fingerprint density at radius 2 is 1.90 bits per heavy atom. The van der Waals surface area contributed by atoms with E-state index in [0.29, 0.717) is 22.3 Å². The molecule has 9 heteroatoms. The SMILES string of the molecule is COc1cc2nnc(C(N)=O)c(Nc3ccc(C)cc3F)c2cc1N1CCN(C)CC1. The summed E-state index contributed by atoms with van der Waals surface area (Å²) < 4.78 is 20.2. The Balaban J connectivity index is 1.88. The van der Waals surface area contributed by atoms with Crippen molar-refractivity contribution >= 4 is 33.9 Å². The smallest absolute Gasteiger partial charge is 0.271 e. The van der Waals surface area contributed by atoms with Crippen LogP contribution in [0.1, 0.15) is 16.1 Å². The number of halogens is 1. The minimum Gasteiger partial charge on any atom is -0.495 e. The van der Waals surface area contributed by atoms with Crippen molar-refractivity contribution in [3.05, 3.63) is 47.4 Å². The Morgan fingerprint density at radius 3 is 2.55 bits per heavy atom. The maximum atomic E-state index is 14.5. The molecule has 1 fully saturated rings. The molecular formula is C22H25FN6O2. The average Bonchev–Trinajstić information content (AvgIpc) is 2.75. The summed E-state index contributed by atoms with van der Waals surface area (Å²) in [6.07, 6.45) is 0. The molecule has 2 heterocycles. The molecule has 1 aliphatic heterocycles. The van der Waals surface area contributed by atoms with Crippen LogP contribution in [0, 0.1) is 12.7 Å². The Morgan fingerprint density at radius 1 is 1.16 bits per heavy atom. The summed E-state index contributed by atoms with van der Waals surface area (Å²) in [5.41, 5.74) is 8.22. The molecule has 8 nitrogen and oxygen atoms in total. The molecule has 0 saturated carbocycles. The van der Waals surface area contributed by atoms with Crippen molar-refractivity contribution in [1.29, 1.82) is 0 Å². The Kier molecular flexibility index (Phi) is 5.60. The van der Waals surface area contributed by atoms with E-state index in [9.17, 15) is 9.18 Å². The van der Waals surface area contributed by atoms with Crippen LogP contribution in [0.5, 0.6) is 5.75 Å². The van der Waals surface area contributed by atoms with Crippen molar-refractivity contribution in [2.75, 3.05) is 50.6 Å². The Hall–Kier alpha value is -3.46. The zero-order valence-corrected chi connectivity index (χ0v) is 17.8. The summed E-state index contributed by atoms with van der Waals surface area (Å²) in [6.45, 7) is 5.30. The van der Waals surface area contributed by atoms with Crippen molar-refractivity contribution in [2.24, 2.45) is 5.73 Å². The summed E-state index contributed by atoms with van der Waals surface area (Å²) >= 11 is 0. The van der Waals surface area contributed by atoms with Gasteiger partial charge < -0.3 is 25.6 Å². The first-order valence-corrected chi connectivity index (χ1v) is 10.0. The highest BCUT2D eigenvalue weighted by atomic mass is 19.1. The number of nitrogens with two attached hydrogens (primary N) is 1. The van der Waals surface area contributed by atoms with Crippen LogP contribution >= 0.6 is 0 Å². The molecule has 0 atom stereocenters. The van der Waals surface area contributed by atoms with Gasteiger partial charge in [0.25, 0.3) is 5.91 Å². The highest BCUT2D eigenvalue weighted by Crippen LogP contribution is 2.37. The molecule has 1 saturated heterocycles. The van der Waals surface area contributed by atoms with E-state index in [1.165, 1.54) is 6.07 Å². The molecule has 0 aliphatic carbocycles. The number of anilines is 3. The van der Waals surface area contributed by atoms with Gasteiger partial charge in [-0.15, -0.1) is 10.2 Å². The van der Waals surface area contributed by atoms with Crippen molar-refractivity contribution in [2.45, 2.75) is 6.92 Å². The molecule has 31 heavy (non-hydrogen) atoms. The number of methoxy groups -OCH3 is 1. The minimum absolute atomic E-state index is 0.0537. The maximum absolute atomic E-state index is 14.5. The lowest BCUT2D eigenvalue weighted by molar-refractivity contribution is 0.0995. The van der Waals surface area contributed by atoms with Crippen LogP contribution in [-0.2, 0) is 0 Å². The van der Waals surface area contributed by atoms with Crippen LogP contribution in [0.3, 0.4) is 0 Å². The summed E-state index contributed by atoms with van der Waals surface area (Å²) in [4.78, 5) is 16.6. The fourth-order valence-electron chi connectivity index (χ4n) is 3.74. The third-order valence-corrected chi connectivity index (χ3v) is 5.52. The molecule has 4 rings (SSSR count). The number of piperazine rings is 1. The number of fused-ring (bicyclic) bond motifs is 1. The first kappa shape index (κ1) is 20.8. The van der Waals surface area contributed by atoms with Crippen molar-refractivity contribution in [1.82, 2.24) is 15.1 Å². The second kappa shape index (κ2) is 8.35. The summed E-state index contributed by atoms with van der Waals surface area (Å²) in [6, 6.07) is 8.49. The van der Waals surface area contributed by atoms with E-state index < -0.39 is 11.7 Å². The number of hydrogen-bond donors (Lipinski definition) is 2. The van der Waals surface area contributed by atoms with Crippen LogP contribution in [0.2, 0.25) is 0 Å². The van der Waals surface area contributed by atoms with Gasteiger partial charge in [0.2, 0.25) is 0 Å². The number of aromatic nitrogens is 2. The van der Waals surface area contributed by atoms with Gasteiger partial charge in [0.1, 0.15) is 11.6 Å². The van der Waals surface area contributed by atoms with E-state index in [-0.39, 0.29) is 11.4 Å². The van der Waals surface area contributed by atoms with Gasteiger partial charge in [-0.2, -0.15) is 0 Å². The predicted octanol–water partition coefficient (Wildman–Crippen LogP) is 2.68. The van der Waals surface area contributed by atoms with E-state index in [4.69, 9.17) is 10.5 Å². The van der Waals surface area contributed by atoms with Gasteiger partial charge in [0.15, 0.2) is 5.69 Å². The molecule has 0 spiro atoms. The molecule has 1 aromatic heterocycles. The minimum atomic E-state index is -0.749. The second-order valence-corrected chi connectivity index (χ2v) is 7.73. The lowest BCUT2D eigenvalue weighted by Gasteiger charge is -2.35. The fourth-order valence-corrected chi connectivity index (χ4v) is 3.74. The van der Waals surface area contributed by atoms with Gasteiger partial charge in [0.05, 0.1) is 29.7 Å². The number of nitrogens with zero attached hydrogens (tertiary/aromatic N) is 4. The molecular weight excluding hydrogens is 399 g/mol. The third kappa shape index (κ3) is 4.09. The van der Waals surface area contributed by atoms with Crippen LogP contribution in [0.15, 0.2) is 30.3 Å². The average molecular weight is 424 g/mol. The van der Waals surface area contributed by atoms with E-state index in [1.807, 2.05) is 6.07 Å². The number of likely N-dealkylation sites (N-methyl/N-ethyl adjacent to an activating group) is 1. The first-order valence-electron chi connectivity index (χ1n) is 10.0. The Labute approximate surface area is 179 Å². The van der Waals surface area contributed by atoms with Gasteiger partial charge in [0, 0.05) is 37.6 Å². The zero-order chi connectivity index (χ0) is 22.1. The van der Waals surface area contributed by atoms with Gasteiger partial charge >= 0.3 is 0 Å². The molecule has 3 aromatic rings. The standard InChI is InChI=1S/C22H25FN6O2/c1-13-4-5-16(15(23)10-13)25-20-14-11-18(29-8-6-28(2)7-9-29)19(31-3)12-17(14)26-27-21(20)22(24)30/h4-5,10-12H,6-9H2,1-3H3,(H2,24,30)(H,25,26). The number of hydrogen-bond acceptors (Lipinski definition) is 7. The largest absolute Gasteiger partial charge is 0.495 e. The topological polar surface area (TPSA) is 96.6 Å². The molecule has 0 unspecified atom stereocenters. The van der Waals surface area contributed by atoms with Crippen LogP contribution in [0.4, 0.5) is 21.5 Å². The fraction of sp³-hybridized carbons (Fsp3) is 0.318. The third-order valence-electron chi connectivity index (χ3n) is 5.52. The molecule has 1 aliphatic rings. The van der Waals surface area contributed by atoms with Gasteiger partial charge in [-0.3, -0.25) is 4.79 Å². The number of amides is 1. The Bertz CT molecular complexity index is 1140. The van der Waals surface area contributed by atoms with Crippen LogP contribution in [-0.4, -0.2) is 61.3 Å². The number of rotatable bonds is 5. The molecule has 3 N–H and O–H groups in total. The lowest BCUT2D eigenvalue weighted by Crippen LogP contribution is -2.44. The maximum Gasteiger partial charge on any atom is 0.271 e. The number of primary amides is 1. The van der Waals surface area contributed by atoms with Crippen LogP contribution in [0.25, 0.3) is 10.9 Å². The highest BCUT2D eigenvalue weighted by molar-refractivity contribution is 6.07. The first-order chi connectivity index (χ1) is 14.9. The van der Waals surface area contributed by atoms with Crippen molar-refractivity contribution < 1.29 is 13.9 Å². The van der Waals surface area contributed by atoms with Crippen molar-refractivity contribution in [3.8, 4) is 5.75 Å². The van der Waals surface area contributed by atoms with Crippen molar-refractivity contribution in [3.63, 3.8) is 0 Å². The number of carbonyl (C=O) groups excluding carboxylic acids is 1. The number of carbonyl (C=O) groups is 1. The highest BCUT2D eigenvalue weighted by Gasteiger charge is 2.22. The van der Waals surface area contributed by atoms with E-state index in [1.54, 1.807) is 32.2 Å². The number of nitrogens with one attached hydrogen (secondary N) is 1. The summed E-state index contributed by atoms with van der Waals surface area (Å²) in [7, 11) is 3.69. The quantitative estimate of drug-likeness (QED) is 0.650. The molecule has 0 radical (unpaired) electrons.